The number of hydrogen-bond donors (Lipinski definition) is 2. The lowest BCUT2D eigenvalue weighted by molar-refractivity contribution is -0.0359. The van der Waals surface area contributed by atoms with Gasteiger partial charge < -0.3 is 20.3 Å². The number of nitrogens with two attached hydrogens (primary N) is 1. The van der Waals surface area contributed by atoms with Gasteiger partial charge in [0.2, 0.25) is 0 Å². The van der Waals surface area contributed by atoms with Crippen LogP contribution in [0.25, 0.3) is 11.1 Å². The van der Waals surface area contributed by atoms with Gasteiger partial charge in [-0.25, -0.2) is 4.99 Å². The van der Waals surface area contributed by atoms with Crippen molar-refractivity contribution in [3.05, 3.63) is 47.2 Å². The summed E-state index contributed by atoms with van der Waals surface area (Å²) < 4.78 is 11.9. The van der Waals surface area contributed by atoms with E-state index < -0.39 is 5.54 Å². The molecule has 4 atom stereocenters. The molecule has 0 radical (unpaired) electrons. The molecule has 1 aromatic heterocycles. The van der Waals surface area contributed by atoms with Crippen LogP contribution in [0.1, 0.15) is 24.8 Å². The molecular formula is C20H20ClN3O3. The molecule has 5 rings (SSSR count). The highest BCUT2D eigenvalue weighted by molar-refractivity contribution is 6.30. The minimum atomic E-state index is -0.633. The van der Waals surface area contributed by atoms with E-state index >= 15 is 0 Å². The highest BCUT2D eigenvalue weighted by Crippen LogP contribution is 2.53. The summed E-state index contributed by atoms with van der Waals surface area (Å²) in [5.41, 5.74) is 8.12. The fraction of sp³-hybridized carbons (Fsp3) is 0.400. The van der Waals surface area contributed by atoms with Crippen molar-refractivity contribution in [2.24, 2.45) is 16.6 Å². The molecule has 27 heavy (non-hydrogen) atoms. The molecule has 1 saturated carbocycles. The molecule has 140 valence electrons. The van der Waals surface area contributed by atoms with Crippen molar-refractivity contribution in [2.75, 3.05) is 6.61 Å². The Morgan fingerprint density at radius 1 is 1.19 bits per heavy atom. The zero-order chi connectivity index (χ0) is 18.6. The third-order valence-electron chi connectivity index (χ3n) is 5.88. The first-order valence-corrected chi connectivity index (χ1v) is 9.51. The van der Waals surface area contributed by atoms with Crippen molar-refractivity contribution in [1.29, 1.82) is 0 Å². The van der Waals surface area contributed by atoms with E-state index in [4.69, 9.17) is 31.8 Å². The zero-order valence-electron chi connectivity index (χ0n) is 14.6. The molecule has 3 heterocycles. The smallest absolute Gasteiger partial charge is 0.283 e. The Balaban J connectivity index is 1.66. The molecule has 1 fully saturated rings. The molecule has 0 amide bonds. The first-order valence-electron chi connectivity index (χ1n) is 9.13. The third-order valence-corrected chi connectivity index (χ3v) is 6.09. The molecular weight excluding hydrogens is 366 g/mol. The number of aliphatic imine (C=N–C) groups is 1. The normalized spacial score (nSPS) is 31.5. The number of fused-ring (bicyclic) bond motifs is 4. The minimum Gasteiger partial charge on any atom is -0.490 e. The lowest BCUT2D eigenvalue weighted by atomic mass is 9.67. The molecule has 1 spiro atoms. The summed E-state index contributed by atoms with van der Waals surface area (Å²) in [6.07, 6.45) is 5.18. The molecule has 2 aromatic rings. The van der Waals surface area contributed by atoms with Crippen molar-refractivity contribution in [3.63, 3.8) is 0 Å². The third kappa shape index (κ3) is 2.66. The van der Waals surface area contributed by atoms with Gasteiger partial charge in [-0.05, 0) is 43.0 Å². The fourth-order valence-corrected chi connectivity index (χ4v) is 4.79. The second kappa shape index (κ2) is 6.11. The van der Waals surface area contributed by atoms with Gasteiger partial charge in [0.25, 0.3) is 6.02 Å². The van der Waals surface area contributed by atoms with E-state index in [0.29, 0.717) is 18.1 Å². The summed E-state index contributed by atoms with van der Waals surface area (Å²) in [5.74, 6) is 0.816. The Hall–Kier alpha value is -2.31. The Labute approximate surface area is 162 Å². The van der Waals surface area contributed by atoms with Crippen LogP contribution in [0.4, 0.5) is 0 Å². The van der Waals surface area contributed by atoms with Crippen LogP contribution in [0.3, 0.4) is 0 Å². The Kier molecular flexibility index (Phi) is 3.81. The molecule has 3 unspecified atom stereocenters. The number of nitrogens with zero attached hydrogens (tertiary/aromatic N) is 2. The van der Waals surface area contributed by atoms with E-state index in [1.54, 1.807) is 12.4 Å². The van der Waals surface area contributed by atoms with Gasteiger partial charge in [-0.3, -0.25) is 4.98 Å². The number of amidine groups is 1. The summed E-state index contributed by atoms with van der Waals surface area (Å²) in [6.45, 7) is 0.361. The topological polar surface area (TPSA) is 90.0 Å². The van der Waals surface area contributed by atoms with Crippen LogP contribution in [-0.4, -0.2) is 34.9 Å². The Morgan fingerprint density at radius 2 is 2.07 bits per heavy atom. The Bertz CT molecular complexity index is 934. The van der Waals surface area contributed by atoms with Crippen LogP contribution >= 0.6 is 11.6 Å². The largest absolute Gasteiger partial charge is 0.490 e. The van der Waals surface area contributed by atoms with E-state index in [1.165, 1.54) is 0 Å². The molecule has 3 N–H and O–H groups in total. The number of pyridine rings is 1. The number of benzene rings is 1. The number of aliphatic hydroxyl groups is 1. The summed E-state index contributed by atoms with van der Waals surface area (Å²) in [5, 5.41) is 10.9. The SMILES string of the molecule is NC1=NC2(CO1)c1cc(-c3cncc(Cl)c3)ccc1OC1CCC(O)C[C@@H]12. The predicted octanol–water partition coefficient (Wildman–Crippen LogP) is 2.86. The van der Waals surface area contributed by atoms with Crippen LogP contribution < -0.4 is 10.5 Å². The molecule has 3 aliphatic rings. The van der Waals surface area contributed by atoms with Crippen molar-refractivity contribution in [2.45, 2.75) is 37.0 Å². The quantitative estimate of drug-likeness (QED) is 0.787. The van der Waals surface area contributed by atoms with E-state index in [9.17, 15) is 5.11 Å². The van der Waals surface area contributed by atoms with E-state index in [2.05, 4.69) is 11.1 Å². The number of ether oxygens (including phenoxy) is 2. The van der Waals surface area contributed by atoms with Crippen molar-refractivity contribution >= 4 is 17.6 Å². The highest BCUT2D eigenvalue weighted by Gasteiger charge is 2.55. The fourth-order valence-electron chi connectivity index (χ4n) is 4.62. The lowest BCUT2D eigenvalue weighted by Crippen LogP contribution is -2.51. The van der Waals surface area contributed by atoms with E-state index in [1.807, 2.05) is 18.2 Å². The molecule has 6 nitrogen and oxygen atoms in total. The van der Waals surface area contributed by atoms with Crippen LogP contribution in [0, 0.1) is 5.92 Å². The molecule has 2 aliphatic heterocycles. The summed E-state index contributed by atoms with van der Waals surface area (Å²) in [6, 6.07) is 8.10. The second-order valence-electron chi connectivity index (χ2n) is 7.50. The molecule has 1 aliphatic carbocycles. The first-order chi connectivity index (χ1) is 13.0. The van der Waals surface area contributed by atoms with Gasteiger partial charge in [0, 0.05) is 29.4 Å². The predicted molar refractivity (Wildman–Crippen MR) is 102 cm³/mol. The number of aliphatic hydroxyl groups excluding tert-OH is 1. The average Bonchev–Trinajstić information content (AvgIpc) is 3.05. The molecule has 0 saturated heterocycles. The molecule has 1 aromatic carbocycles. The second-order valence-corrected chi connectivity index (χ2v) is 7.93. The van der Waals surface area contributed by atoms with Crippen LogP contribution in [0.15, 0.2) is 41.7 Å². The van der Waals surface area contributed by atoms with E-state index in [-0.39, 0.29) is 24.1 Å². The number of hydrogen-bond acceptors (Lipinski definition) is 6. The number of halogens is 1. The highest BCUT2D eigenvalue weighted by atomic mass is 35.5. The van der Waals surface area contributed by atoms with E-state index in [0.717, 1.165) is 35.3 Å². The van der Waals surface area contributed by atoms with Gasteiger partial charge in [-0.1, -0.05) is 17.7 Å². The maximum atomic E-state index is 10.3. The first kappa shape index (κ1) is 16.8. The number of rotatable bonds is 1. The van der Waals surface area contributed by atoms with Crippen LogP contribution in [0.5, 0.6) is 5.75 Å². The maximum absolute atomic E-state index is 10.3. The summed E-state index contributed by atoms with van der Waals surface area (Å²) in [4.78, 5) is 8.91. The summed E-state index contributed by atoms with van der Waals surface area (Å²) in [7, 11) is 0. The monoisotopic (exact) mass is 385 g/mol. The standard InChI is InChI=1S/C20H20ClN3O3/c21-13-5-12(8-23-9-13)11-1-3-17-15(6-11)20(10-26-19(22)24-20)16-7-14(25)2-4-18(16)27-17/h1,3,5-6,8-9,14,16,18,25H,2,4,7,10H2,(H2,22,24)/t14?,16-,18?,20?/m0/s1. The Morgan fingerprint density at radius 3 is 2.85 bits per heavy atom. The molecule has 0 bridgehead atoms. The minimum absolute atomic E-state index is 0.00200. The van der Waals surface area contributed by atoms with Crippen molar-refractivity contribution in [3.8, 4) is 16.9 Å². The average molecular weight is 386 g/mol. The van der Waals surface area contributed by atoms with Crippen molar-refractivity contribution < 1.29 is 14.6 Å². The van der Waals surface area contributed by atoms with Gasteiger partial charge in [0.15, 0.2) is 0 Å². The van der Waals surface area contributed by atoms with Crippen LogP contribution in [-0.2, 0) is 10.3 Å². The number of aromatic nitrogens is 1. The van der Waals surface area contributed by atoms with Gasteiger partial charge in [0.1, 0.15) is 24.0 Å². The summed E-state index contributed by atoms with van der Waals surface area (Å²) >= 11 is 6.11. The van der Waals surface area contributed by atoms with Crippen LogP contribution in [0.2, 0.25) is 5.02 Å². The van der Waals surface area contributed by atoms with Crippen molar-refractivity contribution in [1.82, 2.24) is 4.98 Å². The maximum Gasteiger partial charge on any atom is 0.283 e. The van der Waals surface area contributed by atoms with Gasteiger partial charge in [-0.2, -0.15) is 0 Å². The van der Waals surface area contributed by atoms with Gasteiger partial charge in [0.05, 0.1) is 11.1 Å². The van der Waals surface area contributed by atoms with Gasteiger partial charge >= 0.3 is 0 Å². The zero-order valence-corrected chi connectivity index (χ0v) is 15.4. The van der Waals surface area contributed by atoms with Gasteiger partial charge in [-0.15, -0.1) is 0 Å². The lowest BCUT2D eigenvalue weighted by Gasteiger charge is -2.47. The molecule has 7 heteroatoms.